The number of benzene rings is 2. The molecule has 1 amide bonds. The lowest BCUT2D eigenvalue weighted by Gasteiger charge is -2.17. The van der Waals surface area contributed by atoms with Gasteiger partial charge in [0.2, 0.25) is 5.91 Å². The van der Waals surface area contributed by atoms with E-state index in [4.69, 9.17) is 5.73 Å². The van der Waals surface area contributed by atoms with Gasteiger partial charge in [0, 0.05) is 12.5 Å². The van der Waals surface area contributed by atoms with Crippen LogP contribution in [-0.4, -0.2) is 5.91 Å². The summed E-state index contributed by atoms with van der Waals surface area (Å²) < 4.78 is 0. The van der Waals surface area contributed by atoms with Crippen LogP contribution in [0, 0.1) is 6.92 Å². The summed E-state index contributed by atoms with van der Waals surface area (Å²) in [6.45, 7) is 4.03. The second-order valence-corrected chi connectivity index (χ2v) is 5.42. The zero-order valence-corrected chi connectivity index (χ0v) is 12.5. The third kappa shape index (κ3) is 4.43. The molecule has 2 rings (SSSR count). The summed E-state index contributed by atoms with van der Waals surface area (Å²) in [7, 11) is 0. The molecule has 2 aromatic rings. The Morgan fingerprint density at radius 1 is 1.05 bits per heavy atom. The molecule has 2 atom stereocenters. The van der Waals surface area contributed by atoms with Crippen molar-refractivity contribution in [3.63, 3.8) is 0 Å². The van der Waals surface area contributed by atoms with E-state index >= 15 is 0 Å². The first kappa shape index (κ1) is 15.3. The molecule has 0 aliphatic rings. The van der Waals surface area contributed by atoms with Crippen LogP contribution in [0.2, 0.25) is 0 Å². The second kappa shape index (κ2) is 7.04. The number of carbonyl (C=O) groups excluding carboxylic acids is 1. The molecule has 0 spiro atoms. The zero-order chi connectivity index (χ0) is 15.2. The van der Waals surface area contributed by atoms with Crippen molar-refractivity contribution >= 4 is 5.91 Å². The van der Waals surface area contributed by atoms with Crippen molar-refractivity contribution in [2.75, 3.05) is 0 Å². The Morgan fingerprint density at radius 3 is 2.29 bits per heavy atom. The fraction of sp³-hybridized carbons (Fsp3) is 0.278. The largest absolute Gasteiger partial charge is 0.350 e. The summed E-state index contributed by atoms with van der Waals surface area (Å²) in [6, 6.07) is 17.6. The van der Waals surface area contributed by atoms with Gasteiger partial charge in [-0.25, -0.2) is 0 Å². The minimum Gasteiger partial charge on any atom is -0.350 e. The Kier molecular flexibility index (Phi) is 5.12. The summed E-state index contributed by atoms with van der Waals surface area (Å²) >= 11 is 0. The van der Waals surface area contributed by atoms with Gasteiger partial charge in [0.25, 0.3) is 0 Å². The molecule has 0 bridgehead atoms. The first-order valence-electron chi connectivity index (χ1n) is 7.22. The molecule has 0 unspecified atom stereocenters. The number of rotatable bonds is 5. The molecule has 3 N–H and O–H groups in total. The summed E-state index contributed by atoms with van der Waals surface area (Å²) in [5, 5.41) is 3.00. The Hall–Kier alpha value is -2.13. The monoisotopic (exact) mass is 282 g/mol. The number of nitrogens with one attached hydrogen (secondary N) is 1. The Labute approximate surface area is 126 Å². The number of hydrogen-bond donors (Lipinski definition) is 2. The van der Waals surface area contributed by atoms with Gasteiger partial charge in [0.15, 0.2) is 0 Å². The van der Waals surface area contributed by atoms with E-state index in [0.717, 1.165) is 11.1 Å². The van der Waals surface area contributed by atoms with E-state index in [0.29, 0.717) is 6.42 Å². The number of hydrogen-bond acceptors (Lipinski definition) is 2. The van der Waals surface area contributed by atoms with Gasteiger partial charge >= 0.3 is 0 Å². The van der Waals surface area contributed by atoms with Crippen LogP contribution in [-0.2, 0) is 4.79 Å². The van der Waals surface area contributed by atoms with Gasteiger partial charge in [-0.05, 0) is 25.0 Å². The Balaban J connectivity index is 1.91. The molecule has 21 heavy (non-hydrogen) atoms. The molecule has 0 aromatic heterocycles. The van der Waals surface area contributed by atoms with Crippen molar-refractivity contribution in [1.29, 1.82) is 0 Å². The average molecular weight is 282 g/mol. The van der Waals surface area contributed by atoms with Crippen LogP contribution in [0.3, 0.4) is 0 Å². The third-order valence-electron chi connectivity index (χ3n) is 3.59. The molecule has 0 radical (unpaired) electrons. The lowest BCUT2D eigenvalue weighted by molar-refractivity contribution is -0.122. The van der Waals surface area contributed by atoms with Crippen LogP contribution in [0.25, 0.3) is 0 Å². The lowest BCUT2D eigenvalue weighted by Crippen LogP contribution is -2.29. The third-order valence-corrected chi connectivity index (χ3v) is 3.59. The van der Waals surface area contributed by atoms with Gasteiger partial charge in [-0.3, -0.25) is 4.79 Å². The summed E-state index contributed by atoms with van der Waals surface area (Å²) in [6.07, 6.45) is 0.292. The normalized spacial score (nSPS) is 13.5. The highest BCUT2D eigenvalue weighted by molar-refractivity contribution is 5.77. The number of nitrogens with two attached hydrogens (primary N) is 1. The maximum absolute atomic E-state index is 12.1. The fourth-order valence-electron chi connectivity index (χ4n) is 2.26. The predicted molar refractivity (Wildman–Crippen MR) is 85.7 cm³/mol. The highest BCUT2D eigenvalue weighted by Crippen LogP contribution is 2.16. The first-order valence-corrected chi connectivity index (χ1v) is 7.22. The molecule has 0 aliphatic carbocycles. The van der Waals surface area contributed by atoms with Gasteiger partial charge in [0.05, 0.1) is 6.04 Å². The smallest absolute Gasteiger partial charge is 0.222 e. The van der Waals surface area contributed by atoms with Gasteiger partial charge in [-0.1, -0.05) is 60.2 Å². The quantitative estimate of drug-likeness (QED) is 0.884. The molecule has 3 nitrogen and oxygen atoms in total. The van der Waals surface area contributed by atoms with Gasteiger partial charge in [-0.2, -0.15) is 0 Å². The maximum atomic E-state index is 12.1. The average Bonchev–Trinajstić information content (AvgIpc) is 2.48. The molecule has 3 heteroatoms. The minimum absolute atomic E-state index is 0.0129. The van der Waals surface area contributed by atoms with Crippen molar-refractivity contribution in [1.82, 2.24) is 5.32 Å². The highest BCUT2D eigenvalue weighted by atomic mass is 16.1. The summed E-state index contributed by atoms with van der Waals surface area (Å²) in [5.41, 5.74) is 9.36. The molecule has 0 heterocycles. The summed E-state index contributed by atoms with van der Waals surface area (Å²) in [4.78, 5) is 12.1. The summed E-state index contributed by atoms with van der Waals surface area (Å²) in [5.74, 6) is -0.0283. The Morgan fingerprint density at radius 2 is 1.67 bits per heavy atom. The SMILES string of the molecule is Cc1ccc([C@@H](C)NC(=O)C[C@@H](N)c2ccccc2)cc1. The van der Waals surface area contributed by atoms with Crippen molar-refractivity contribution in [3.05, 3.63) is 71.3 Å². The van der Waals surface area contributed by atoms with Crippen LogP contribution in [0.5, 0.6) is 0 Å². The minimum atomic E-state index is -0.267. The van der Waals surface area contributed by atoms with E-state index in [9.17, 15) is 4.79 Å². The van der Waals surface area contributed by atoms with E-state index in [1.54, 1.807) is 0 Å². The number of carbonyl (C=O) groups is 1. The van der Waals surface area contributed by atoms with Crippen molar-refractivity contribution in [3.8, 4) is 0 Å². The fourth-order valence-corrected chi connectivity index (χ4v) is 2.26. The molecule has 0 fully saturated rings. The highest BCUT2D eigenvalue weighted by Gasteiger charge is 2.14. The molecular weight excluding hydrogens is 260 g/mol. The topological polar surface area (TPSA) is 55.1 Å². The van der Waals surface area contributed by atoms with E-state index in [1.807, 2.05) is 68.4 Å². The molecule has 2 aromatic carbocycles. The maximum Gasteiger partial charge on any atom is 0.222 e. The van der Waals surface area contributed by atoms with Crippen LogP contribution in [0.4, 0.5) is 0 Å². The number of amides is 1. The van der Waals surface area contributed by atoms with Crippen LogP contribution in [0.15, 0.2) is 54.6 Å². The molecule has 110 valence electrons. The molecule has 0 aliphatic heterocycles. The molecule has 0 saturated heterocycles. The first-order chi connectivity index (χ1) is 10.1. The Bertz CT molecular complexity index is 578. The molecular formula is C18H22N2O. The van der Waals surface area contributed by atoms with Crippen LogP contribution >= 0.6 is 0 Å². The lowest BCUT2D eigenvalue weighted by atomic mass is 10.0. The van der Waals surface area contributed by atoms with Gasteiger partial charge < -0.3 is 11.1 Å². The van der Waals surface area contributed by atoms with Gasteiger partial charge in [0.1, 0.15) is 0 Å². The molecule has 0 saturated carbocycles. The number of aryl methyl sites for hydroxylation is 1. The van der Waals surface area contributed by atoms with Crippen LogP contribution < -0.4 is 11.1 Å². The zero-order valence-electron chi connectivity index (χ0n) is 12.5. The van der Waals surface area contributed by atoms with E-state index < -0.39 is 0 Å². The standard InChI is InChI=1S/C18H22N2O/c1-13-8-10-15(11-9-13)14(2)20-18(21)12-17(19)16-6-4-3-5-7-16/h3-11,14,17H,12,19H2,1-2H3,(H,20,21)/t14-,17-/m1/s1. The second-order valence-electron chi connectivity index (χ2n) is 5.42. The van der Waals surface area contributed by atoms with E-state index in [2.05, 4.69) is 5.32 Å². The van der Waals surface area contributed by atoms with Crippen molar-refractivity contribution in [2.24, 2.45) is 5.73 Å². The van der Waals surface area contributed by atoms with E-state index in [-0.39, 0.29) is 18.0 Å². The van der Waals surface area contributed by atoms with Crippen molar-refractivity contribution in [2.45, 2.75) is 32.4 Å². The predicted octanol–water partition coefficient (Wildman–Crippen LogP) is 3.26. The van der Waals surface area contributed by atoms with Gasteiger partial charge in [-0.15, -0.1) is 0 Å². The van der Waals surface area contributed by atoms with Crippen molar-refractivity contribution < 1.29 is 4.79 Å². The van der Waals surface area contributed by atoms with E-state index in [1.165, 1.54) is 5.56 Å². The van der Waals surface area contributed by atoms with Crippen LogP contribution in [0.1, 0.15) is 42.1 Å².